The normalized spacial score (nSPS) is 12.8. The fourth-order valence-corrected chi connectivity index (χ4v) is 9.73. The van der Waals surface area contributed by atoms with Gasteiger partial charge in [0.25, 0.3) is 0 Å². The molecule has 0 fully saturated rings. The summed E-state index contributed by atoms with van der Waals surface area (Å²) in [6.45, 7) is 2.22. The summed E-state index contributed by atoms with van der Waals surface area (Å²) in [5.41, 5.74) is 22.1. The largest absolute Gasteiger partial charge is 0.310 e. The number of aryl methyl sites for hydroxylation is 1. The Morgan fingerprint density at radius 3 is 1.40 bits per heavy atom. The van der Waals surface area contributed by atoms with Crippen LogP contribution in [0.4, 0.5) is 17.1 Å². The molecule has 0 saturated carbocycles. The van der Waals surface area contributed by atoms with Gasteiger partial charge in [0.2, 0.25) is 0 Å². The van der Waals surface area contributed by atoms with Crippen molar-refractivity contribution >= 4 is 17.1 Å². The van der Waals surface area contributed by atoms with Gasteiger partial charge in [0, 0.05) is 16.9 Å². The van der Waals surface area contributed by atoms with Gasteiger partial charge in [-0.1, -0.05) is 182 Å². The van der Waals surface area contributed by atoms with E-state index in [1.807, 2.05) is 0 Å². The van der Waals surface area contributed by atoms with Gasteiger partial charge < -0.3 is 4.90 Å². The van der Waals surface area contributed by atoms with Crippen molar-refractivity contribution in [1.29, 1.82) is 0 Å². The molecule has 0 atom stereocenters. The Labute approximate surface area is 334 Å². The highest BCUT2D eigenvalue weighted by molar-refractivity contribution is 5.96. The van der Waals surface area contributed by atoms with E-state index in [1.165, 1.54) is 83.5 Å². The molecule has 0 bridgehead atoms. The van der Waals surface area contributed by atoms with E-state index in [1.54, 1.807) is 0 Å². The van der Waals surface area contributed by atoms with Crippen molar-refractivity contribution in [2.45, 2.75) is 12.3 Å². The van der Waals surface area contributed by atoms with Crippen LogP contribution in [-0.2, 0) is 5.41 Å². The first-order valence-corrected chi connectivity index (χ1v) is 19.8. The molecule has 0 aliphatic heterocycles. The van der Waals surface area contributed by atoms with Crippen molar-refractivity contribution in [1.82, 2.24) is 0 Å². The Morgan fingerprint density at radius 2 is 0.772 bits per heavy atom. The Kier molecular flexibility index (Phi) is 7.69. The number of fused-ring (bicyclic) bond motifs is 10. The van der Waals surface area contributed by atoms with Crippen LogP contribution >= 0.6 is 0 Å². The number of nitrogens with zero attached hydrogens (tertiary/aromatic N) is 1. The van der Waals surface area contributed by atoms with E-state index in [-0.39, 0.29) is 5.41 Å². The van der Waals surface area contributed by atoms with Gasteiger partial charge in [-0.15, -0.1) is 0 Å². The zero-order valence-electron chi connectivity index (χ0n) is 31.7. The lowest BCUT2D eigenvalue weighted by atomic mass is 9.70. The van der Waals surface area contributed by atoms with Crippen LogP contribution in [0.3, 0.4) is 0 Å². The number of hydrogen-bond acceptors (Lipinski definition) is 1. The third-order valence-corrected chi connectivity index (χ3v) is 12.1. The predicted molar refractivity (Wildman–Crippen MR) is 238 cm³/mol. The molecule has 0 radical (unpaired) electrons. The third-order valence-electron chi connectivity index (χ3n) is 12.1. The first kappa shape index (κ1) is 33.1. The molecule has 1 heteroatoms. The summed E-state index contributed by atoms with van der Waals surface area (Å²) < 4.78 is 0. The number of hydrogen-bond donors (Lipinski definition) is 0. The third kappa shape index (κ3) is 5.16. The van der Waals surface area contributed by atoms with Gasteiger partial charge in [-0.2, -0.15) is 0 Å². The summed E-state index contributed by atoms with van der Waals surface area (Å²) in [6, 6.07) is 80.5. The summed E-state index contributed by atoms with van der Waals surface area (Å²) in [5, 5.41) is 0. The highest BCUT2D eigenvalue weighted by Gasteiger charge is 2.51. The molecular formula is C56H39N. The molecule has 11 rings (SSSR count). The number of rotatable bonds is 6. The molecule has 2 aliphatic carbocycles. The summed E-state index contributed by atoms with van der Waals surface area (Å²) in [4.78, 5) is 2.43. The maximum absolute atomic E-state index is 2.45. The van der Waals surface area contributed by atoms with Crippen LogP contribution in [0.25, 0.3) is 55.6 Å². The second-order valence-electron chi connectivity index (χ2n) is 15.3. The molecule has 9 aromatic rings. The molecule has 1 spiro atoms. The van der Waals surface area contributed by atoms with E-state index in [0.29, 0.717) is 0 Å². The van der Waals surface area contributed by atoms with Crippen molar-refractivity contribution in [3.63, 3.8) is 0 Å². The van der Waals surface area contributed by atoms with E-state index in [4.69, 9.17) is 0 Å². The summed E-state index contributed by atoms with van der Waals surface area (Å²) in [6.07, 6.45) is 0. The van der Waals surface area contributed by atoms with Crippen LogP contribution in [0.1, 0.15) is 27.8 Å². The quantitative estimate of drug-likeness (QED) is 0.165. The van der Waals surface area contributed by atoms with Crippen LogP contribution in [0.5, 0.6) is 0 Å². The highest BCUT2D eigenvalue weighted by atomic mass is 15.1. The van der Waals surface area contributed by atoms with Gasteiger partial charge in [0.05, 0.1) is 11.1 Å². The predicted octanol–water partition coefficient (Wildman–Crippen LogP) is 14.8. The minimum absolute atomic E-state index is 0.348. The van der Waals surface area contributed by atoms with Gasteiger partial charge in [-0.05, 0) is 121 Å². The summed E-state index contributed by atoms with van der Waals surface area (Å²) >= 11 is 0. The van der Waals surface area contributed by atoms with Crippen molar-refractivity contribution in [3.8, 4) is 55.6 Å². The summed E-state index contributed by atoms with van der Waals surface area (Å²) in [5.74, 6) is 0. The Bertz CT molecular complexity index is 2910. The molecule has 0 N–H and O–H groups in total. The average molecular weight is 726 g/mol. The topological polar surface area (TPSA) is 3.24 Å². The maximum atomic E-state index is 2.45. The zero-order chi connectivity index (χ0) is 37.9. The van der Waals surface area contributed by atoms with Crippen molar-refractivity contribution < 1.29 is 0 Å². The minimum Gasteiger partial charge on any atom is -0.310 e. The molecule has 0 amide bonds. The van der Waals surface area contributed by atoms with Gasteiger partial charge in [-0.3, -0.25) is 0 Å². The van der Waals surface area contributed by atoms with E-state index < -0.39 is 0 Å². The summed E-state index contributed by atoms with van der Waals surface area (Å²) in [7, 11) is 0. The van der Waals surface area contributed by atoms with E-state index in [9.17, 15) is 0 Å². The smallest absolute Gasteiger partial charge is 0.0725 e. The maximum Gasteiger partial charge on any atom is 0.0725 e. The molecule has 57 heavy (non-hydrogen) atoms. The monoisotopic (exact) mass is 725 g/mol. The van der Waals surface area contributed by atoms with Crippen LogP contribution in [0, 0.1) is 6.92 Å². The van der Waals surface area contributed by atoms with Crippen LogP contribution in [0.15, 0.2) is 218 Å². The highest BCUT2D eigenvalue weighted by Crippen LogP contribution is 2.63. The fourth-order valence-electron chi connectivity index (χ4n) is 9.73. The number of benzene rings is 9. The molecule has 1 nitrogen and oxygen atoms in total. The van der Waals surface area contributed by atoms with Crippen molar-refractivity contribution in [2.24, 2.45) is 0 Å². The van der Waals surface area contributed by atoms with Gasteiger partial charge in [0.15, 0.2) is 0 Å². The van der Waals surface area contributed by atoms with E-state index >= 15 is 0 Å². The second-order valence-corrected chi connectivity index (χ2v) is 15.3. The molecule has 0 saturated heterocycles. The number of para-hydroxylation sites is 1. The molecule has 0 unspecified atom stereocenters. The van der Waals surface area contributed by atoms with Crippen molar-refractivity contribution in [3.05, 3.63) is 246 Å². The lowest BCUT2D eigenvalue weighted by molar-refractivity contribution is 0.794. The standard InChI is InChI=1S/C56H39N/c1-38-34-43(42-30-33-54-50(37-42)49-23-10-14-26-53(49)56(54)51-24-12-8-21-47(51)48-22-9-13-25-52(48)56)36-45(35-38)57(44-31-28-40(29-32-44)39-16-4-2-5-17-39)55-27-15-11-20-46(55)41-18-6-3-7-19-41/h2-37H,1H3. The first-order valence-electron chi connectivity index (χ1n) is 19.8. The zero-order valence-corrected chi connectivity index (χ0v) is 31.7. The van der Waals surface area contributed by atoms with Crippen LogP contribution < -0.4 is 4.90 Å². The molecule has 9 aromatic carbocycles. The van der Waals surface area contributed by atoms with Gasteiger partial charge >= 0.3 is 0 Å². The van der Waals surface area contributed by atoms with E-state index in [0.717, 1.165) is 17.1 Å². The number of anilines is 3. The SMILES string of the molecule is Cc1cc(-c2ccc3c(c2)-c2ccccc2C32c3ccccc3-c3ccccc32)cc(N(c2ccc(-c3ccccc3)cc2)c2ccccc2-c2ccccc2)c1. The molecule has 2 aliphatic rings. The molecule has 0 heterocycles. The second kappa shape index (κ2) is 13.2. The first-order chi connectivity index (χ1) is 28.2. The fraction of sp³-hybridized carbons (Fsp3) is 0.0357. The van der Waals surface area contributed by atoms with Gasteiger partial charge in [0.1, 0.15) is 0 Å². The Balaban J connectivity index is 1.09. The van der Waals surface area contributed by atoms with E-state index in [2.05, 4.69) is 230 Å². The lowest BCUT2D eigenvalue weighted by Crippen LogP contribution is -2.25. The Morgan fingerprint density at radius 1 is 0.298 bits per heavy atom. The van der Waals surface area contributed by atoms with Crippen molar-refractivity contribution in [2.75, 3.05) is 4.90 Å². The van der Waals surface area contributed by atoms with Crippen LogP contribution in [-0.4, -0.2) is 0 Å². The lowest BCUT2D eigenvalue weighted by Gasteiger charge is -2.30. The van der Waals surface area contributed by atoms with Crippen LogP contribution in [0.2, 0.25) is 0 Å². The minimum atomic E-state index is -0.348. The molecule has 0 aromatic heterocycles. The van der Waals surface area contributed by atoms with Gasteiger partial charge in [-0.25, -0.2) is 0 Å². The Hall–Kier alpha value is -7.22. The average Bonchev–Trinajstić information content (AvgIpc) is 3.74. The molecular weight excluding hydrogens is 687 g/mol. The molecule has 268 valence electrons.